The van der Waals surface area contributed by atoms with Crippen molar-refractivity contribution in [3.05, 3.63) is 20.8 Å². The third-order valence-corrected chi connectivity index (χ3v) is 2.50. The highest BCUT2D eigenvalue weighted by Gasteiger charge is 2.09. The highest BCUT2D eigenvalue weighted by Crippen LogP contribution is 2.27. The molecule has 4 heteroatoms. The molecular weight excluding hydrogens is 191 g/mol. The molecule has 0 fully saturated rings. The van der Waals surface area contributed by atoms with E-state index in [1.165, 1.54) is 11.3 Å². The highest BCUT2D eigenvalue weighted by atomic mass is 35.5. The molecule has 0 bridgehead atoms. The SMILES string of the molecule is Cc1cc(C(=O)Cl)c(Cl)s1. The molecule has 0 saturated heterocycles. The summed E-state index contributed by atoms with van der Waals surface area (Å²) in [7, 11) is 0. The van der Waals surface area contributed by atoms with E-state index in [-0.39, 0.29) is 0 Å². The third-order valence-electron chi connectivity index (χ3n) is 1.02. The molecule has 0 aliphatic rings. The van der Waals surface area contributed by atoms with Crippen molar-refractivity contribution >= 4 is 39.8 Å². The summed E-state index contributed by atoms with van der Waals surface area (Å²) < 4.78 is 0.470. The maximum atomic E-state index is 10.6. The van der Waals surface area contributed by atoms with Gasteiger partial charge in [0.05, 0.1) is 5.56 Å². The summed E-state index contributed by atoms with van der Waals surface area (Å²) in [5, 5.41) is -0.491. The molecule has 1 rings (SSSR count). The maximum Gasteiger partial charge on any atom is 0.254 e. The van der Waals surface area contributed by atoms with Crippen LogP contribution in [0.5, 0.6) is 0 Å². The number of hydrogen-bond donors (Lipinski definition) is 0. The fraction of sp³-hybridized carbons (Fsp3) is 0.167. The first-order valence-corrected chi connectivity index (χ1v) is 4.14. The molecule has 0 atom stereocenters. The molecule has 0 aliphatic heterocycles. The summed E-state index contributed by atoms with van der Waals surface area (Å²) in [5.41, 5.74) is 0.408. The average Bonchev–Trinajstić information content (AvgIpc) is 2.10. The molecule has 1 nitrogen and oxygen atoms in total. The van der Waals surface area contributed by atoms with Gasteiger partial charge in [-0.15, -0.1) is 11.3 Å². The molecule has 10 heavy (non-hydrogen) atoms. The molecule has 0 unspecified atom stereocenters. The molecular formula is C6H4Cl2OS. The fourth-order valence-electron chi connectivity index (χ4n) is 0.620. The second-order valence-electron chi connectivity index (χ2n) is 1.82. The molecule has 0 amide bonds. The van der Waals surface area contributed by atoms with E-state index in [0.717, 1.165) is 4.88 Å². The minimum absolute atomic E-state index is 0.408. The van der Waals surface area contributed by atoms with Gasteiger partial charge in [-0.05, 0) is 24.6 Å². The van der Waals surface area contributed by atoms with E-state index in [0.29, 0.717) is 9.90 Å². The zero-order chi connectivity index (χ0) is 7.72. The molecule has 0 radical (unpaired) electrons. The Hall–Kier alpha value is -0.0500. The number of hydrogen-bond acceptors (Lipinski definition) is 2. The molecule has 0 spiro atoms. The van der Waals surface area contributed by atoms with E-state index in [4.69, 9.17) is 23.2 Å². The summed E-state index contributed by atoms with van der Waals surface area (Å²) in [5.74, 6) is 0. The third kappa shape index (κ3) is 1.51. The van der Waals surface area contributed by atoms with Gasteiger partial charge in [0.15, 0.2) is 0 Å². The van der Waals surface area contributed by atoms with E-state index >= 15 is 0 Å². The second-order valence-corrected chi connectivity index (χ2v) is 4.02. The number of rotatable bonds is 1. The normalized spacial score (nSPS) is 9.90. The summed E-state index contributed by atoms with van der Waals surface area (Å²) >= 11 is 12.2. The lowest BCUT2D eigenvalue weighted by Crippen LogP contribution is -1.83. The number of carbonyl (C=O) groups is 1. The van der Waals surface area contributed by atoms with Gasteiger partial charge in [-0.2, -0.15) is 0 Å². The van der Waals surface area contributed by atoms with Crippen molar-refractivity contribution < 1.29 is 4.79 Å². The second kappa shape index (κ2) is 2.91. The quantitative estimate of drug-likeness (QED) is 0.629. The molecule has 1 heterocycles. The smallest absolute Gasteiger partial charge is 0.254 e. The van der Waals surface area contributed by atoms with Gasteiger partial charge in [0.1, 0.15) is 4.34 Å². The molecule has 0 saturated carbocycles. The van der Waals surface area contributed by atoms with Gasteiger partial charge < -0.3 is 0 Å². The van der Waals surface area contributed by atoms with Gasteiger partial charge in [0, 0.05) is 4.88 Å². The molecule has 0 aromatic carbocycles. The van der Waals surface area contributed by atoms with E-state index in [9.17, 15) is 4.79 Å². The molecule has 0 aliphatic carbocycles. The Bertz CT molecular complexity index is 267. The number of aryl methyl sites for hydroxylation is 1. The lowest BCUT2D eigenvalue weighted by atomic mass is 10.3. The van der Waals surface area contributed by atoms with Crippen molar-refractivity contribution in [3.63, 3.8) is 0 Å². The molecule has 0 N–H and O–H groups in total. The van der Waals surface area contributed by atoms with Crippen molar-refractivity contribution in [2.24, 2.45) is 0 Å². The minimum atomic E-state index is -0.491. The Balaban J connectivity index is 3.15. The number of halogens is 2. The first-order valence-electron chi connectivity index (χ1n) is 2.57. The Kier molecular flexibility index (Phi) is 2.34. The lowest BCUT2D eigenvalue weighted by Gasteiger charge is -1.83. The fourth-order valence-corrected chi connectivity index (χ4v) is 2.10. The van der Waals surface area contributed by atoms with Crippen LogP contribution in [0.4, 0.5) is 0 Å². The monoisotopic (exact) mass is 194 g/mol. The van der Waals surface area contributed by atoms with Gasteiger partial charge in [-0.1, -0.05) is 11.6 Å². The van der Waals surface area contributed by atoms with Crippen LogP contribution in [0.1, 0.15) is 15.2 Å². The van der Waals surface area contributed by atoms with E-state index in [1.54, 1.807) is 6.07 Å². The standard InChI is InChI=1S/C6H4Cl2OS/c1-3-2-4(5(7)9)6(8)10-3/h2H,1H3. The van der Waals surface area contributed by atoms with Gasteiger partial charge in [-0.3, -0.25) is 4.79 Å². The van der Waals surface area contributed by atoms with Crippen molar-refractivity contribution in [2.45, 2.75) is 6.92 Å². The average molecular weight is 195 g/mol. The Morgan fingerprint density at radius 2 is 2.30 bits per heavy atom. The highest BCUT2D eigenvalue weighted by molar-refractivity contribution is 7.16. The zero-order valence-electron chi connectivity index (χ0n) is 5.15. The van der Waals surface area contributed by atoms with Crippen LogP contribution in [-0.2, 0) is 0 Å². The topological polar surface area (TPSA) is 17.1 Å². The van der Waals surface area contributed by atoms with Crippen LogP contribution in [-0.4, -0.2) is 5.24 Å². The summed E-state index contributed by atoms with van der Waals surface area (Å²) in [6.07, 6.45) is 0. The zero-order valence-corrected chi connectivity index (χ0v) is 7.48. The molecule has 1 aromatic heterocycles. The molecule has 54 valence electrons. The van der Waals surface area contributed by atoms with Crippen LogP contribution in [0.2, 0.25) is 4.34 Å². The van der Waals surface area contributed by atoms with Crippen LogP contribution in [0.15, 0.2) is 6.07 Å². The first-order chi connectivity index (χ1) is 4.61. The van der Waals surface area contributed by atoms with E-state index in [2.05, 4.69) is 0 Å². The van der Waals surface area contributed by atoms with Gasteiger partial charge in [0.2, 0.25) is 0 Å². The van der Waals surface area contributed by atoms with Crippen molar-refractivity contribution in [1.82, 2.24) is 0 Å². The van der Waals surface area contributed by atoms with Crippen LogP contribution in [0.3, 0.4) is 0 Å². The summed E-state index contributed by atoms with van der Waals surface area (Å²) in [4.78, 5) is 11.6. The van der Waals surface area contributed by atoms with E-state index < -0.39 is 5.24 Å². The van der Waals surface area contributed by atoms with Crippen molar-refractivity contribution in [1.29, 1.82) is 0 Å². The Morgan fingerprint density at radius 3 is 2.50 bits per heavy atom. The first kappa shape index (κ1) is 8.05. The maximum absolute atomic E-state index is 10.6. The summed E-state index contributed by atoms with van der Waals surface area (Å²) in [6.45, 7) is 1.87. The van der Waals surface area contributed by atoms with Crippen LogP contribution in [0, 0.1) is 6.92 Å². The summed E-state index contributed by atoms with van der Waals surface area (Å²) in [6, 6.07) is 1.68. The van der Waals surface area contributed by atoms with Gasteiger partial charge in [-0.25, -0.2) is 0 Å². The number of carbonyl (C=O) groups excluding carboxylic acids is 1. The van der Waals surface area contributed by atoms with Gasteiger partial charge >= 0.3 is 0 Å². The van der Waals surface area contributed by atoms with Crippen LogP contribution < -0.4 is 0 Å². The Labute approximate surface area is 72.6 Å². The Morgan fingerprint density at radius 1 is 1.70 bits per heavy atom. The minimum Gasteiger partial charge on any atom is -0.276 e. The van der Waals surface area contributed by atoms with Crippen LogP contribution in [0.25, 0.3) is 0 Å². The predicted molar refractivity (Wildman–Crippen MR) is 44.2 cm³/mol. The van der Waals surface area contributed by atoms with Crippen LogP contribution >= 0.6 is 34.5 Å². The predicted octanol–water partition coefficient (Wildman–Crippen LogP) is 3.09. The largest absolute Gasteiger partial charge is 0.276 e. The number of thiophene rings is 1. The van der Waals surface area contributed by atoms with Crippen molar-refractivity contribution in [3.8, 4) is 0 Å². The molecule has 1 aromatic rings. The lowest BCUT2D eigenvalue weighted by molar-refractivity contribution is 0.108. The van der Waals surface area contributed by atoms with Gasteiger partial charge in [0.25, 0.3) is 5.24 Å². The van der Waals surface area contributed by atoms with E-state index in [1.807, 2.05) is 6.92 Å². The van der Waals surface area contributed by atoms with Crippen molar-refractivity contribution in [2.75, 3.05) is 0 Å².